The van der Waals surface area contributed by atoms with E-state index in [1.807, 2.05) is 0 Å². The minimum atomic E-state index is 0.263. The molecule has 0 fully saturated rings. The highest BCUT2D eigenvalue weighted by atomic mass is 35.5. The highest BCUT2D eigenvalue weighted by molar-refractivity contribution is 6.30. The molecule has 0 aliphatic heterocycles. The van der Waals surface area contributed by atoms with Crippen LogP contribution in [0.1, 0.15) is 22.3 Å². The molecule has 2 rings (SSSR count). The number of hydrogen-bond acceptors (Lipinski definition) is 2. The number of aromatic hydroxyl groups is 1. The lowest BCUT2D eigenvalue weighted by Crippen LogP contribution is -2.03. The fourth-order valence-electron chi connectivity index (χ4n) is 2.34. The SMILES string of the molecule is Cc1cc(C)c(NCc2cc(Cl)ccc2O)c(C)c1. The number of rotatable bonds is 3. The first-order valence-corrected chi connectivity index (χ1v) is 6.64. The zero-order valence-corrected chi connectivity index (χ0v) is 12.2. The number of aryl methyl sites for hydroxylation is 3. The third-order valence-corrected chi connectivity index (χ3v) is 3.41. The zero-order chi connectivity index (χ0) is 14.0. The first kappa shape index (κ1) is 13.8. The van der Waals surface area contributed by atoms with Gasteiger partial charge in [-0.15, -0.1) is 0 Å². The molecule has 2 aromatic carbocycles. The van der Waals surface area contributed by atoms with Gasteiger partial charge in [0, 0.05) is 22.8 Å². The molecule has 2 aromatic rings. The number of benzene rings is 2. The van der Waals surface area contributed by atoms with Gasteiger partial charge < -0.3 is 10.4 Å². The second-order valence-electron chi connectivity index (χ2n) is 4.90. The molecule has 0 bridgehead atoms. The van der Waals surface area contributed by atoms with Gasteiger partial charge in [0.15, 0.2) is 0 Å². The van der Waals surface area contributed by atoms with Gasteiger partial charge in [0.1, 0.15) is 5.75 Å². The molecule has 0 aromatic heterocycles. The van der Waals surface area contributed by atoms with Crippen LogP contribution in [-0.4, -0.2) is 5.11 Å². The zero-order valence-electron chi connectivity index (χ0n) is 11.4. The maximum absolute atomic E-state index is 9.80. The average molecular weight is 276 g/mol. The number of phenols is 1. The van der Waals surface area contributed by atoms with Crippen LogP contribution in [0.2, 0.25) is 5.02 Å². The lowest BCUT2D eigenvalue weighted by Gasteiger charge is -2.14. The summed E-state index contributed by atoms with van der Waals surface area (Å²) in [6.07, 6.45) is 0. The fourth-order valence-corrected chi connectivity index (χ4v) is 2.53. The lowest BCUT2D eigenvalue weighted by molar-refractivity contribution is 0.469. The minimum absolute atomic E-state index is 0.263. The van der Waals surface area contributed by atoms with Gasteiger partial charge in [-0.1, -0.05) is 29.3 Å². The second-order valence-corrected chi connectivity index (χ2v) is 5.34. The van der Waals surface area contributed by atoms with Crippen molar-refractivity contribution in [2.24, 2.45) is 0 Å². The molecule has 0 aliphatic rings. The monoisotopic (exact) mass is 275 g/mol. The van der Waals surface area contributed by atoms with E-state index in [9.17, 15) is 5.11 Å². The van der Waals surface area contributed by atoms with Crippen LogP contribution < -0.4 is 5.32 Å². The fraction of sp³-hybridized carbons (Fsp3) is 0.250. The van der Waals surface area contributed by atoms with Crippen molar-refractivity contribution < 1.29 is 5.11 Å². The van der Waals surface area contributed by atoms with Gasteiger partial charge in [-0.25, -0.2) is 0 Å². The highest BCUT2D eigenvalue weighted by Crippen LogP contribution is 2.26. The van der Waals surface area contributed by atoms with Gasteiger partial charge in [-0.2, -0.15) is 0 Å². The molecule has 19 heavy (non-hydrogen) atoms. The Morgan fingerprint density at radius 2 is 1.68 bits per heavy atom. The summed E-state index contributed by atoms with van der Waals surface area (Å²) in [7, 11) is 0. The third-order valence-electron chi connectivity index (χ3n) is 3.17. The van der Waals surface area contributed by atoms with Crippen molar-refractivity contribution in [2.75, 3.05) is 5.32 Å². The van der Waals surface area contributed by atoms with Crippen molar-refractivity contribution in [3.63, 3.8) is 0 Å². The van der Waals surface area contributed by atoms with E-state index < -0.39 is 0 Å². The molecule has 2 N–H and O–H groups in total. The summed E-state index contributed by atoms with van der Waals surface area (Å²) in [4.78, 5) is 0. The van der Waals surface area contributed by atoms with Crippen molar-refractivity contribution >= 4 is 17.3 Å². The van der Waals surface area contributed by atoms with Gasteiger partial charge in [-0.05, 0) is 50.1 Å². The summed E-state index contributed by atoms with van der Waals surface area (Å²) in [5.74, 6) is 0.263. The number of anilines is 1. The first-order chi connectivity index (χ1) is 8.97. The highest BCUT2D eigenvalue weighted by Gasteiger charge is 2.06. The first-order valence-electron chi connectivity index (χ1n) is 6.26. The summed E-state index contributed by atoms with van der Waals surface area (Å²) >= 11 is 5.94. The standard InChI is InChI=1S/C16H18ClNO/c1-10-6-11(2)16(12(3)7-10)18-9-13-8-14(17)4-5-15(13)19/h4-8,18-19H,9H2,1-3H3. The van der Waals surface area contributed by atoms with Crippen LogP contribution in [0.15, 0.2) is 30.3 Å². The van der Waals surface area contributed by atoms with E-state index in [0.29, 0.717) is 11.6 Å². The molecule has 0 amide bonds. The predicted molar refractivity (Wildman–Crippen MR) is 81.1 cm³/mol. The molecule has 0 spiro atoms. The van der Waals surface area contributed by atoms with E-state index in [0.717, 1.165) is 11.3 Å². The summed E-state index contributed by atoms with van der Waals surface area (Å²) in [6, 6.07) is 9.38. The summed E-state index contributed by atoms with van der Waals surface area (Å²) in [5.41, 5.74) is 5.58. The Labute approximate surface area is 119 Å². The quantitative estimate of drug-likeness (QED) is 0.859. The van der Waals surface area contributed by atoms with E-state index >= 15 is 0 Å². The van der Waals surface area contributed by atoms with Crippen LogP contribution in [0, 0.1) is 20.8 Å². The predicted octanol–water partition coefficient (Wildman–Crippen LogP) is 4.58. The normalized spacial score (nSPS) is 10.5. The molecule has 0 atom stereocenters. The Bertz CT molecular complexity index is 585. The van der Waals surface area contributed by atoms with Gasteiger partial charge in [0.25, 0.3) is 0 Å². The number of nitrogens with one attached hydrogen (secondary N) is 1. The number of hydrogen-bond donors (Lipinski definition) is 2. The Balaban J connectivity index is 2.21. The maximum Gasteiger partial charge on any atom is 0.120 e. The van der Waals surface area contributed by atoms with Crippen LogP contribution >= 0.6 is 11.6 Å². The Kier molecular flexibility index (Phi) is 4.01. The summed E-state index contributed by atoms with van der Waals surface area (Å²) in [6.45, 7) is 6.81. The molecular weight excluding hydrogens is 258 g/mol. The summed E-state index contributed by atoms with van der Waals surface area (Å²) in [5, 5.41) is 13.8. The van der Waals surface area contributed by atoms with Crippen LogP contribution in [-0.2, 0) is 6.54 Å². The van der Waals surface area contributed by atoms with Crippen LogP contribution in [0.25, 0.3) is 0 Å². The van der Waals surface area contributed by atoms with Crippen molar-refractivity contribution in [3.05, 3.63) is 57.6 Å². The van der Waals surface area contributed by atoms with E-state index in [1.54, 1.807) is 18.2 Å². The van der Waals surface area contributed by atoms with Gasteiger partial charge in [0.05, 0.1) is 0 Å². The van der Waals surface area contributed by atoms with E-state index in [2.05, 4.69) is 38.2 Å². The van der Waals surface area contributed by atoms with Crippen molar-refractivity contribution in [1.82, 2.24) is 0 Å². The average Bonchev–Trinajstić information content (AvgIpc) is 2.32. The molecule has 2 nitrogen and oxygen atoms in total. The third kappa shape index (κ3) is 3.21. The molecule has 100 valence electrons. The molecule has 0 heterocycles. The Morgan fingerprint density at radius 3 is 2.32 bits per heavy atom. The van der Waals surface area contributed by atoms with Gasteiger partial charge >= 0.3 is 0 Å². The topological polar surface area (TPSA) is 32.3 Å². The molecule has 0 unspecified atom stereocenters. The molecular formula is C16H18ClNO. The lowest BCUT2D eigenvalue weighted by atomic mass is 10.0. The van der Waals surface area contributed by atoms with Crippen molar-refractivity contribution in [3.8, 4) is 5.75 Å². The van der Waals surface area contributed by atoms with Crippen LogP contribution in [0.4, 0.5) is 5.69 Å². The molecule has 3 heteroatoms. The number of halogens is 1. The largest absolute Gasteiger partial charge is 0.508 e. The summed E-state index contributed by atoms with van der Waals surface area (Å²) < 4.78 is 0. The maximum atomic E-state index is 9.80. The number of phenolic OH excluding ortho intramolecular Hbond substituents is 1. The molecule has 0 radical (unpaired) electrons. The smallest absolute Gasteiger partial charge is 0.120 e. The van der Waals surface area contributed by atoms with Gasteiger partial charge in [0.2, 0.25) is 0 Å². The molecule has 0 aliphatic carbocycles. The molecule has 0 saturated heterocycles. The van der Waals surface area contributed by atoms with E-state index in [1.165, 1.54) is 16.7 Å². The van der Waals surface area contributed by atoms with Crippen molar-refractivity contribution in [2.45, 2.75) is 27.3 Å². The van der Waals surface area contributed by atoms with Crippen molar-refractivity contribution in [1.29, 1.82) is 0 Å². The van der Waals surface area contributed by atoms with Crippen LogP contribution in [0.5, 0.6) is 5.75 Å². The van der Waals surface area contributed by atoms with Crippen LogP contribution in [0.3, 0.4) is 0 Å². The molecule has 0 saturated carbocycles. The van der Waals surface area contributed by atoms with Gasteiger partial charge in [-0.3, -0.25) is 0 Å². The van der Waals surface area contributed by atoms with E-state index in [-0.39, 0.29) is 5.75 Å². The minimum Gasteiger partial charge on any atom is -0.508 e. The van der Waals surface area contributed by atoms with E-state index in [4.69, 9.17) is 11.6 Å². The Morgan fingerprint density at radius 1 is 1.05 bits per heavy atom. The Hall–Kier alpha value is -1.67. The second kappa shape index (κ2) is 5.54.